The second-order valence-corrected chi connectivity index (χ2v) is 10.3. The highest BCUT2D eigenvalue weighted by atomic mass is 32.9. The van der Waals surface area contributed by atoms with Crippen molar-refractivity contribution in [3.05, 3.63) is 0 Å². The molecule has 0 bridgehead atoms. The number of hydrogen-bond acceptors (Lipinski definition) is 2. The summed E-state index contributed by atoms with van der Waals surface area (Å²) in [5.74, 6) is 0. The van der Waals surface area contributed by atoms with Gasteiger partial charge in [0.2, 0.25) is 5.69 Å². The maximum absolute atomic E-state index is 9.42. The summed E-state index contributed by atoms with van der Waals surface area (Å²) < 4.78 is -0.0196. The number of unbranched alkanes of at least 4 members (excludes halogenated alkanes) is 2. The zero-order valence-electron chi connectivity index (χ0n) is 9.90. The van der Waals surface area contributed by atoms with Gasteiger partial charge in [0.25, 0.3) is 0 Å². The second kappa shape index (κ2) is 7.29. The van der Waals surface area contributed by atoms with Crippen LogP contribution in [0.2, 0.25) is 0 Å². The highest BCUT2D eigenvalue weighted by Gasteiger charge is 2.31. The third-order valence-corrected chi connectivity index (χ3v) is 6.79. The Kier molecular flexibility index (Phi) is 7.73. The Morgan fingerprint density at radius 1 is 1.13 bits per heavy atom. The molecule has 0 radical (unpaired) electrons. The van der Waals surface area contributed by atoms with E-state index < -0.39 is 5.69 Å². The van der Waals surface area contributed by atoms with Crippen LogP contribution >= 0.6 is 17.1 Å². The monoisotopic (exact) mass is 270 g/mol. The molecule has 0 aliphatic heterocycles. The maximum Gasteiger partial charge on any atom is 0.242 e. The molecular weight excluding hydrogens is 247 g/mol. The molecule has 0 amide bonds. The lowest BCUT2D eigenvalue weighted by atomic mass is 9.95. The summed E-state index contributed by atoms with van der Waals surface area (Å²) in [6.07, 6.45) is 6.51. The minimum atomic E-state index is -3.12. The van der Waals surface area contributed by atoms with E-state index in [0.717, 1.165) is 25.7 Å². The summed E-state index contributed by atoms with van der Waals surface area (Å²) >= 11 is 5.97. The summed E-state index contributed by atoms with van der Waals surface area (Å²) in [5, 5.41) is 0. The topological polar surface area (TPSA) is 40.5 Å². The van der Waals surface area contributed by atoms with Crippen molar-refractivity contribution in [3.63, 3.8) is 0 Å². The summed E-state index contributed by atoms with van der Waals surface area (Å²) in [6.45, 7) is 6.38. The molecule has 0 rings (SSSR count). The molecule has 0 spiro atoms. The largest absolute Gasteiger partial charge is 0.338 e. The van der Waals surface area contributed by atoms with Crippen LogP contribution in [0.15, 0.2) is 0 Å². The first-order chi connectivity index (χ1) is 6.89. The quantitative estimate of drug-likeness (QED) is 0.515. The Morgan fingerprint density at radius 2 is 1.67 bits per heavy atom. The fraction of sp³-hybridized carbons (Fsp3) is 1.00. The van der Waals surface area contributed by atoms with Crippen molar-refractivity contribution in [2.45, 2.75) is 64.0 Å². The molecule has 0 unspecified atom stereocenters. The molecule has 2 N–H and O–H groups in total. The van der Waals surface area contributed by atoms with Gasteiger partial charge in [-0.1, -0.05) is 51.4 Å². The third kappa shape index (κ3) is 6.96. The summed E-state index contributed by atoms with van der Waals surface area (Å²) in [4.78, 5) is 18.8. The smallest absolute Gasteiger partial charge is 0.242 e. The van der Waals surface area contributed by atoms with E-state index in [9.17, 15) is 9.79 Å². The van der Waals surface area contributed by atoms with Crippen LogP contribution in [0.4, 0.5) is 0 Å². The number of rotatable bonds is 8. The van der Waals surface area contributed by atoms with Gasteiger partial charge in [0.05, 0.1) is 0 Å². The lowest BCUT2D eigenvalue weighted by molar-refractivity contribution is 0.472. The standard InChI is InChI=1S/C10H23O2PS2/c1-4-7-8-9-10(5-2,6-3)15-13(11,12)14/h4-9H2,1-3H3,(H2,11,12,14). The van der Waals surface area contributed by atoms with Crippen LogP contribution in [0.25, 0.3) is 0 Å². The van der Waals surface area contributed by atoms with Crippen molar-refractivity contribution in [2.75, 3.05) is 0 Å². The van der Waals surface area contributed by atoms with Crippen LogP contribution in [0, 0.1) is 0 Å². The molecule has 0 aromatic heterocycles. The van der Waals surface area contributed by atoms with Gasteiger partial charge in [-0.15, -0.1) is 0 Å². The van der Waals surface area contributed by atoms with Gasteiger partial charge in [-0.2, -0.15) is 0 Å². The van der Waals surface area contributed by atoms with Gasteiger partial charge in [-0.3, -0.25) is 0 Å². The van der Waals surface area contributed by atoms with Gasteiger partial charge in [0, 0.05) is 4.75 Å². The fourth-order valence-corrected chi connectivity index (χ4v) is 6.71. The van der Waals surface area contributed by atoms with Crippen LogP contribution < -0.4 is 0 Å². The molecule has 0 atom stereocenters. The first-order valence-corrected chi connectivity index (χ1v) is 9.78. The Hall–Kier alpha value is 0.920. The molecule has 92 valence electrons. The van der Waals surface area contributed by atoms with E-state index >= 15 is 0 Å². The molecule has 0 aliphatic rings. The van der Waals surface area contributed by atoms with E-state index in [1.165, 1.54) is 24.2 Å². The molecule has 0 heterocycles. The Bertz CT molecular complexity index is 211. The van der Waals surface area contributed by atoms with E-state index in [1.54, 1.807) is 0 Å². The Labute approximate surface area is 103 Å². The van der Waals surface area contributed by atoms with E-state index in [4.69, 9.17) is 11.8 Å². The van der Waals surface area contributed by atoms with E-state index in [2.05, 4.69) is 20.8 Å². The molecule has 0 saturated heterocycles. The van der Waals surface area contributed by atoms with Gasteiger partial charge in [0.15, 0.2) is 0 Å². The average Bonchev–Trinajstić information content (AvgIpc) is 2.15. The van der Waals surface area contributed by atoms with Crippen molar-refractivity contribution in [1.29, 1.82) is 0 Å². The van der Waals surface area contributed by atoms with Crippen LogP contribution in [0.3, 0.4) is 0 Å². The van der Waals surface area contributed by atoms with Crippen LogP contribution in [0.5, 0.6) is 0 Å². The van der Waals surface area contributed by atoms with Crippen LogP contribution in [0.1, 0.15) is 59.3 Å². The van der Waals surface area contributed by atoms with Crippen molar-refractivity contribution in [1.82, 2.24) is 0 Å². The van der Waals surface area contributed by atoms with Crippen molar-refractivity contribution < 1.29 is 9.79 Å². The molecule has 0 fully saturated rings. The summed E-state index contributed by atoms with van der Waals surface area (Å²) in [7, 11) is 0. The van der Waals surface area contributed by atoms with Gasteiger partial charge in [-0.25, -0.2) is 0 Å². The normalized spacial score (nSPS) is 13.1. The molecule has 2 nitrogen and oxygen atoms in total. The molecule has 0 aromatic carbocycles. The van der Waals surface area contributed by atoms with E-state index in [-0.39, 0.29) is 4.75 Å². The van der Waals surface area contributed by atoms with E-state index in [0.29, 0.717) is 0 Å². The molecule has 5 heteroatoms. The maximum atomic E-state index is 9.42. The van der Waals surface area contributed by atoms with Crippen molar-refractivity contribution in [3.8, 4) is 0 Å². The Morgan fingerprint density at radius 3 is 2.00 bits per heavy atom. The molecular formula is C10H23O2PS2. The minimum Gasteiger partial charge on any atom is -0.338 e. The van der Waals surface area contributed by atoms with Gasteiger partial charge >= 0.3 is 0 Å². The van der Waals surface area contributed by atoms with Gasteiger partial charge in [0.1, 0.15) is 0 Å². The fourth-order valence-electron chi connectivity index (χ4n) is 1.73. The van der Waals surface area contributed by atoms with Gasteiger partial charge < -0.3 is 9.79 Å². The van der Waals surface area contributed by atoms with Crippen LogP contribution in [-0.2, 0) is 11.8 Å². The zero-order chi connectivity index (χ0) is 11.9. The third-order valence-electron chi connectivity index (χ3n) is 2.84. The second-order valence-electron chi connectivity index (χ2n) is 3.93. The minimum absolute atomic E-state index is 0.0196. The average molecular weight is 270 g/mol. The molecule has 15 heavy (non-hydrogen) atoms. The predicted molar refractivity (Wildman–Crippen MR) is 73.8 cm³/mol. The number of hydrogen-bond donors (Lipinski definition) is 2. The van der Waals surface area contributed by atoms with Crippen molar-refractivity contribution in [2.24, 2.45) is 0 Å². The van der Waals surface area contributed by atoms with Crippen molar-refractivity contribution >= 4 is 28.9 Å². The summed E-state index contributed by atoms with van der Waals surface area (Å²) in [6, 6.07) is 0. The molecule has 0 aliphatic carbocycles. The van der Waals surface area contributed by atoms with E-state index in [1.807, 2.05) is 0 Å². The molecule has 0 aromatic rings. The first kappa shape index (κ1) is 15.9. The molecule has 0 saturated carbocycles. The SMILES string of the molecule is CCCCCC(CC)(CC)SP(O)(O)=S. The first-order valence-electron chi connectivity index (χ1n) is 5.65. The van der Waals surface area contributed by atoms with Crippen LogP contribution in [-0.4, -0.2) is 14.5 Å². The highest BCUT2D eigenvalue weighted by molar-refractivity contribution is 8.67. The predicted octanol–water partition coefficient (Wildman–Crippen LogP) is 4.07. The lowest BCUT2D eigenvalue weighted by Gasteiger charge is -2.32. The Balaban J connectivity index is 4.37. The lowest BCUT2D eigenvalue weighted by Crippen LogP contribution is -2.22. The zero-order valence-corrected chi connectivity index (χ0v) is 12.4. The highest BCUT2D eigenvalue weighted by Crippen LogP contribution is 2.60. The van der Waals surface area contributed by atoms with Gasteiger partial charge in [-0.05, 0) is 31.1 Å². The summed E-state index contributed by atoms with van der Waals surface area (Å²) in [5.41, 5.74) is -3.12.